The van der Waals surface area contributed by atoms with E-state index in [-0.39, 0.29) is 6.42 Å². The lowest BCUT2D eigenvalue weighted by atomic mass is 9.85. The molecule has 0 aromatic heterocycles. The third kappa shape index (κ3) is 0.878. The van der Waals surface area contributed by atoms with Crippen LogP contribution in [-0.4, -0.2) is 39.7 Å². The minimum Gasteiger partial charge on any atom is -0.272 e. The molecule has 4 fully saturated rings. The highest BCUT2D eigenvalue weighted by atomic mass is 79.9. The van der Waals surface area contributed by atoms with Gasteiger partial charge < -0.3 is 0 Å². The second-order valence-electron chi connectivity index (χ2n) is 4.51. The standard InChI is InChI=1S/C8H6BrF6N/c9-4-2-1-3-5(4)16(3)6(2,7(10,11)12)8(13,14)15/h2-5H,1H2/t2-,3-,4-,5+,16?/m1/s1. The Labute approximate surface area is 94.9 Å². The SMILES string of the molecule is FC(F)(F)C1(C(F)(F)F)[C@@H]2C[C@@H]3[C@@H]([C@@H]2Br)N31. The van der Waals surface area contributed by atoms with E-state index < -0.39 is 40.7 Å². The predicted molar refractivity (Wildman–Crippen MR) is 45.1 cm³/mol. The zero-order valence-corrected chi connectivity index (χ0v) is 9.20. The first-order valence-electron chi connectivity index (χ1n) is 4.70. The van der Waals surface area contributed by atoms with Crippen molar-refractivity contribution in [1.82, 2.24) is 4.90 Å². The monoisotopic (exact) mass is 309 g/mol. The highest BCUT2D eigenvalue weighted by molar-refractivity contribution is 9.09. The van der Waals surface area contributed by atoms with Crippen molar-refractivity contribution in [2.75, 3.05) is 0 Å². The molecule has 1 unspecified atom stereocenters. The quantitative estimate of drug-likeness (QED) is 0.378. The van der Waals surface area contributed by atoms with Crippen LogP contribution < -0.4 is 0 Å². The Hall–Kier alpha value is 0.0200. The van der Waals surface area contributed by atoms with Crippen LogP contribution in [0.2, 0.25) is 0 Å². The summed E-state index contributed by atoms with van der Waals surface area (Å²) in [6.45, 7) is 0. The van der Waals surface area contributed by atoms with E-state index in [1.165, 1.54) is 0 Å². The van der Waals surface area contributed by atoms with Crippen molar-refractivity contribution in [2.24, 2.45) is 5.92 Å². The first-order valence-corrected chi connectivity index (χ1v) is 5.61. The van der Waals surface area contributed by atoms with Crippen molar-refractivity contribution >= 4 is 15.9 Å². The van der Waals surface area contributed by atoms with Crippen molar-refractivity contribution in [3.63, 3.8) is 0 Å². The molecule has 3 heterocycles. The third-order valence-electron chi connectivity index (χ3n) is 4.00. The topological polar surface area (TPSA) is 3.01 Å². The summed E-state index contributed by atoms with van der Waals surface area (Å²) in [5.74, 6) is -1.40. The molecule has 0 amide bonds. The molecule has 3 aliphatic heterocycles. The van der Waals surface area contributed by atoms with E-state index in [1.807, 2.05) is 0 Å². The molecule has 92 valence electrons. The van der Waals surface area contributed by atoms with Crippen molar-refractivity contribution < 1.29 is 26.3 Å². The normalized spacial score (nSPS) is 48.6. The summed E-state index contributed by atoms with van der Waals surface area (Å²) >= 11 is 2.97. The fourth-order valence-electron chi connectivity index (χ4n) is 3.51. The van der Waals surface area contributed by atoms with E-state index in [2.05, 4.69) is 15.9 Å². The van der Waals surface area contributed by atoms with Gasteiger partial charge in [0.25, 0.3) is 0 Å². The van der Waals surface area contributed by atoms with E-state index in [1.54, 1.807) is 0 Å². The predicted octanol–water partition coefficient (Wildman–Crippen LogP) is 2.70. The van der Waals surface area contributed by atoms with Crippen LogP contribution >= 0.6 is 15.9 Å². The lowest BCUT2D eigenvalue weighted by Crippen LogP contribution is -2.63. The van der Waals surface area contributed by atoms with Gasteiger partial charge in [-0.1, -0.05) is 15.9 Å². The van der Waals surface area contributed by atoms with Gasteiger partial charge in [0.05, 0.1) is 0 Å². The molecule has 4 bridgehead atoms. The van der Waals surface area contributed by atoms with E-state index in [4.69, 9.17) is 0 Å². The second kappa shape index (κ2) is 2.55. The van der Waals surface area contributed by atoms with Crippen LogP contribution in [0.1, 0.15) is 6.42 Å². The number of hydrogen-bond acceptors (Lipinski definition) is 1. The molecule has 8 heteroatoms. The molecule has 1 saturated carbocycles. The summed E-state index contributed by atoms with van der Waals surface area (Å²) in [7, 11) is 0. The molecule has 16 heavy (non-hydrogen) atoms. The largest absolute Gasteiger partial charge is 0.416 e. The zero-order valence-electron chi connectivity index (χ0n) is 7.61. The number of hydrogen-bond donors (Lipinski definition) is 0. The van der Waals surface area contributed by atoms with E-state index in [0.717, 1.165) is 0 Å². The minimum absolute atomic E-state index is 0.0143. The van der Waals surface area contributed by atoms with Crippen LogP contribution in [-0.2, 0) is 0 Å². The Morgan fingerprint density at radius 2 is 1.56 bits per heavy atom. The van der Waals surface area contributed by atoms with Gasteiger partial charge >= 0.3 is 12.4 Å². The molecule has 0 spiro atoms. The number of piperidine rings is 3. The molecule has 0 aromatic rings. The van der Waals surface area contributed by atoms with Crippen molar-refractivity contribution in [3.05, 3.63) is 0 Å². The van der Waals surface area contributed by atoms with E-state index >= 15 is 0 Å². The number of rotatable bonds is 0. The minimum atomic E-state index is -5.26. The van der Waals surface area contributed by atoms with Gasteiger partial charge in [-0.2, -0.15) is 26.3 Å². The molecular formula is C8H6BrF6N. The Kier molecular flexibility index (Phi) is 1.77. The molecule has 4 aliphatic rings. The Morgan fingerprint density at radius 3 is 1.69 bits per heavy atom. The molecule has 5 atom stereocenters. The lowest BCUT2D eigenvalue weighted by Gasteiger charge is -2.37. The van der Waals surface area contributed by atoms with Gasteiger partial charge in [-0.25, -0.2) is 0 Å². The first kappa shape index (κ1) is 11.1. The van der Waals surface area contributed by atoms with Gasteiger partial charge in [0.15, 0.2) is 0 Å². The summed E-state index contributed by atoms with van der Waals surface area (Å²) in [4.78, 5) is -0.0994. The molecular weight excluding hydrogens is 304 g/mol. The summed E-state index contributed by atoms with van der Waals surface area (Å²) in [6.07, 6.45) is -10.5. The molecule has 0 radical (unpaired) electrons. The molecule has 1 nitrogen and oxygen atoms in total. The maximum Gasteiger partial charge on any atom is 0.416 e. The van der Waals surface area contributed by atoms with Crippen LogP contribution in [0, 0.1) is 5.92 Å². The average Bonchev–Trinajstić information content (AvgIpc) is 2.43. The summed E-state index contributed by atoms with van der Waals surface area (Å²) in [6, 6.07) is -1.13. The number of alkyl halides is 7. The van der Waals surface area contributed by atoms with Crippen LogP contribution in [0.3, 0.4) is 0 Å². The second-order valence-corrected chi connectivity index (χ2v) is 5.57. The van der Waals surface area contributed by atoms with Crippen molar-refractivity contribution in [1.29, 1.82) is 0 Å². The van der Waals surface area contributed by atoms with Gasteiger partial charge in [0.1, 0.15) is 0 Å². The van der Waals surface area contributed by atoms with Crippen molar-refractivity contribution in [2.45, 2.75) is 41.2 Å². The van der Waals surface area contributed by atoms with Gasteiger partial charge in [0.2, 0.25) is 5.54 Å². The highest BCUT2D eigenvalue weighted by Gasteiger charge is 2.92. The fraction of sp³-hybridized carbons (Fsp3) is 1.00. The van der Waals surface area contributed by atoms with E-state index in [9.17, 15) is 26.3 Å². The van der Waals surface area contributed by atoms with Crippen LogP contribution in [0.25, 0.3) is 0 Å². The average molecular weight is 310 g/mol. The Balaban J connectivity index is 2.14. The van der Waals surface area contributed by atoms with E-state index in [0.29, 0.717) is 4.90 Å². The van der Waals surface area contributed by atoms with Gasteiger partial charge in [-0.15, -0.1) is 0 Å². The third-order valence-corrected chi connectivity index (χ3v) is 5.18. The maximum atomic E-state index is 12.9. The molecule has 4 rings (SSSR count). The molecule has 0 aromatic carbocycles. The van der Waals surface area contributed by atoms with Crippen LogP contribution in [0.5, 0.6) is 0 Å². The molecule has 3 saturated heterocycles. The van der Waals surface area contributed by atoms with Gasteiger partial charge in [0, 0.05) is 22.8 Å². The van der Waals surface area contributed by atoms with Gasteiger partial charge in [-0.3, -0.25) is 4.90 Å². The number of halogens is 7. The molecule has 1 aliphatic carbocycles. The smallest absolute Gasteiger partial charge is 0.272 e. The fourth-order valence-corrected chi connectivity index (χ4v) is 4.72. The highest BCUT2D eigenvalue weighted by Crippen LogP contribution is 2.73. The lowest BCUT2D eigenvalue weighted by molar-refractivity contribution is -0.328. The number of nitrogens with zero attached hydrogens (tertiary/aromatic N) is 1. The Bertz CT molecular complexity index is 335. The summed E-state index contributed by atoms with van der Waals surface area (Å²) in [5, 5.41) is 0. The van der Waals surface area contributed by atoms with Crippen LogP contribution in [0.4, 0.5) is 26.3 Å². The van der Waals surface area contributed by atoms with Crippen LogP contribution in [0.15, 0.2) is 0 Å². The first-order chi connectivity index (χ1) is 7.14. The molecule has 0 N–H and O–H groups in total. The zero-order chi connectivity index (χ0) is 12.1. The van der Waals surface area contributed by atoms with Gasteiger partial charge in [-0.05, 0) is 6.42 Å². The summed E-state index contributed by atoms with van der Waals surface area (Å²) in [5.41, 5.74) is -3.61. The maximum absolute atomic E-state index is 12.9. The van der Waals surface area contributed by atoms with Crippen molar-refractivity contribution in [3.8, 4) is 0 Å². The summed E-state index contributed by atoms with van der Waals surface area (Å²) < 4.78 is 77.1. The Morgan fingerprint density at radius 1 is 1.06 bits per heavy atom.